The summed E-state index contributed by atoms with van der Waals surface area (Å²) < 4.78 is 7.49. The smallest absolute Gasteiger partial charge is 0.258 e. The van der Waals surface area contributed by atoms with Crippen LogP contribution in [0.1, 0.15) is 34.8 Å². The van der Waals surface area contributed by atoms with E-state index in [0.717, 1.165) is 35.1 Å². The van der Waals surface area contributed by atoms with Crippen LogP contribution in [0.25, 0.3) is 11.0 Å². The Kier molecular flexibility index (Phi) is 5.68. The molecule has 0 atom stereocenters. The van der Waals surface area contributed by atoms with E-state index in [1.54, 1.807) is 0 Å². The van der Waals surface area contributed by atoms with Gasteiger partial charge < -0.3 is 9.30 Å². The topological polar surface area (TPSA) is 56.1 Å². The molecule has 5 heteroatoms. The summed E-state index contributed by atoms with van der Waals surface area (Å²) in [4.78, 5) is 17.4. The van der Waals surface area contributed by atoms with Crippen LogP contribution in [0, 0.1) is 13.8 Å². The van der Waals surface area contributed by atoms with Crippen molar-refractivity contribution in [3.8, 4) is 0 Å². The number of anilines is 1. The van der Waals surface area contributed by atoms with Gasteiger partial charge in [-0.05, 0) is 56.5 Å². The van der Waals surface area contributed by atoms with E-state index in [9.17, 15) is 4.79 Å². The second kappa shape index (κ2) is 8.15. The maximum atomic E-state index is 12.8. The lowest BCUT2D eigenvalue weighted by Gasteiger charge is -2.12. The number of carbonyl (C=O) groups excluding carboxylic acids is 1. The Labute approximate surface area is 154 Å². The standard InChI is InChI=1S/C21H25N3O2/c1-4-26-14-8-13-24-19-12-6-5-11-18(19)22-21(24)23-20(25)17-10-7-9-15(2)16(17)3/h5-7,9-12H,4,8,13-14H2,1-3H3,(H,22,23,25). The molecule has 5 nitrogen and oxygen atoms in total. The van der Waals surface area contributed by atoms with Crippen LogP contribution in [0.4, 0.5) is 5.95 Å². The first-order valence-corrected chi connectivity index (χ1v) is 9.02. The van der Waals surface area contributed by atoms with Gasteiger partial charge in [0, 0.05) is 25.3 Å². The van der Waals surface area contributed by atoms with Crippen LogP contribution in [0.5, 0.6) is 0 Å². The highest BCUT2D eigenvalue weighted by molar-refractivity contribution is 6.05. The zero-order chi connectivity index (χ0) is 18.5. The number of para-hydroxylation sites is 2. The molecule has 0 fully saturated rings. The number of fused-ring (bicyclic) bond motifs is 1. The van der Waals surface area contributed by atoms with Crippen molar-refractivity contribution in [2.45, 2.75) is 33.7 Å². The average molecular weight is 351 g/mol. The van der Waals surface area contributed by atoms with Crippen molar-refractivity contribution in [2.24, 2.45) is 0 Å². The van der Waals surface area contributed by atoms with Crippen molar-refractivity contribution in [3.05, 3.63) is 59.2 Å². The lowest BCUT2D eigenvalue weighted by Crippen LogP contribution is -2.18. The molecule has 0 radical (unpaired) electrons. The molecule has 136 valence electrons. The third-order valence-electron chi connectivity index (χ3n) is 4.60. The number of imidazole rings is 1. The van der Waals surface area contributed by atoms with Gasteiger partial charge in [-0.15, -0.1) is 0 Å². The molecule has 0 spiro atoms. The summed E-state index contributed by atoms with van der Waals surface area (Å²) in [6.07, 6.45) is 0.862. The number of amides is 1. The second-order valence-electron chi connectivity index (χ2n) is 6.33. The van der Waals surface area contributed by atoms with Crippen molar-refractivity contribution in [1.82, 2.24) is 9.55 Å². The summed E-state index contributed by atoms with van der Waals surface area (Å²) >= 11 is 0. The minimum absolute atomic E-state index is 0.132. The number of nitrogens with zero attached hydrogens (tertiary/aromatic N) is 2. The highest BCUT2D eigenvalue weighted by Crippen LogP contribution is 2.21. The molecule has 1 N–H and O–H groups in total. The van der Waals surface area contributed by atoms with E-state index in [1.807, 2.05) is 63.2 Å². The Hall–Kier alpha value is -2.66. The molecule has 0 aliphatic heterocycles. The first kappa shape index (κ1) is 18.1. The molecule has 0 saturated carbocycles. The van der Waals surface area contributed by atoms with Gasteiger partial charge in [0.05, 0.1) is 11.0 Å². The van der Waals surface area contributed by atoms with E-state index in [4.69, 9.17) is 4.74 Å². The van der Waals surface area contributed by atoms with Gasteiger partial charge in [0.1, 0.15) is 0 Å². The summed E-state index contributed by atoms with van der Waals surface area (Å²) in [5.74, 6) is 0.446. The van der Waals surface area contributed by atoms with Crippen molar-refractivity contribution < 1.29 is 9.53 Å². The van der Waals surface area contributed by atoms with Gasteiger partial charge in [-0.2, -0.15) is 0 Å². The first-order valence-electron chi connectivity index (χ1n) is 9.02. The number of benzene rings is 2. The number of ether oxygens (including phenoxy) is 1. The summed E-state index contributed by atoms with van der Waals surface area (Å²) in [5, 5.41) is 3.00. The number of aromatic nitrogens is 2. The van der Waals surface area contributed by atoms with Crippen molar-refractivity contribution in [3.63, 3.8) is 0 Å². The minimum Gasteiger partial charge on any atom is -0.382 e. The van der Waals surface area contributed by atoms with Crippen molar-refractivity contribution in [2.75, 3.05) is 18.5 Å². The van der Waals surface area contributed by atoms with E-state index in [2.05, 4.69) is 14.9 Å². The first-order chi connectivity index (χ1) is 12.6. The largest absolute Gasteiger partial charge is 0.382 e. The maximum Gasteiger partial charge on any atom is 0.258 e. The fourth-order valence-corrected chi connectivity index (χ4v) is 3.03. The quantitative estimate of drug-likeness (QED) is 0.645. The number of rotatable bonds is 7. The van der Waals surface area contributed by atoms with E-state index in [1.165, 1.54) is 0 Å². The third kappa shape index (κ3) is 3.78. The van der Waals surface area contributed by atoms with Gasteiger partial charge in [0.15, 0.2) is 0 Å². The zero-order valence-electron chi connectivity index (χ0n) is 15.6. The normalized spacial score (nSPS) is 11.0. The van der Waals surface area contributed by atoms with Crippen LogP contribution >= 0.6 is 0 Å². The summed E-state index contributed by atoms with van der Waals surface area (Å²) in [7, 11) is 0. The zero-order valence-corrected chi connectivity index (χ0v) is 15.6. The molecule has 0 aliphatic carbocycles. The summed E-state index contributed by atoms with van der Waals surface area (Å²) in [6.45, 7) is 8.10. The molecule has 2 aromatic carbocycles. The predicted molar refractivity (Wildman–Crippen MR) is 105 cm³/mol. The third-order valence-corrected chi connectivity index (χ3v) is 4.60. The van der Waals surface area contributed by atoms with Gasteiger partial charge in [0.2, 0.25) is 5.95 Å². The average Bonchev–Trinajstić information content (AvgIpc) is 2.98. The monoisotopic (exact) mass is 351 g/mol. The Morgan fingerprint density at radius 1 is 1.15 bits per heavy atom. The van der Waals surface area contributed by atoms with Crippen molar-refractivity contribution >= 4 is 22.9 Å². The molecular formula is C21H25N3O2. The highest BCUT2D eigenvalue weighted by Gasteiger charge is 2.16. The number of aryl methyl sites for hydroxylation is 2. The molecule has 3 aromatic rings. The van der Waals surface area contributed by atoms with Crippen LogP contribution < -0.4 is 5.32 Å². The molecule has 26 heavy (non-hydrogen) atoms. The van der Waals surface area contributed by atoms with Gasteiger partial charge >= 0.3 is 0 Å². The minimum atomic E-state index is -0.132. The lowest BCUT2D eigenvalue weighted by atomic mass is 10.0. The Balaban J connectivity index is 1.88. The highest BCUT2D eigenvalue weighted by atomic mass is 16.5. The molecule has 3 rings (SSSR count). The van der Waals surface area contributed by atoms with Gasteiger partial charge in [-0.3, -0.25) is 10.1 Å². The summed E-state index contributed by atoms with van der Waals surface area (Å²) in [5.41, 5.74) is 4.66. The second-order valence-corrected chi connectivity index (χ2v) is 6.33. The molecule has 0 unspecified atom stereocenters. The van der Waals surface area contributed by atoms with E-state index in [-0.39, 0.29) is 5.91 Å². The predicted octanol–water partition coefficient (Wildman–Crippen LogP) is 4.33. The van der Waals surface area contributed by atoms with Gasteiger partial charge in [0.25, 0.3) is 5.91 Å². The number of hydrogen-bond acceptors (Lipinski definition) is 3. The van der Waals surface area contributed by atoms with Gasteiger partial charge in [-0.1, -0.05) is 24.3 Å². The van der Waals surface area contributed by atoms with Crippen LogP contribution in [0.3, 0.4) is 0 Å². The SMILES string of the molecule is CCOCCCn1c(NC(=O)c2cccc(C)c2C)nc2ccccc21. The lowest BCUT2D eigenvalue weighted by molar-refractivity contribution is 0.102. The maximum absolute atomic E-state index is 12.8. The molecule has 1 aromatic heterocycles. The van der Waals surface area contributed by atoms with Crippen LogP contribution in [0.15, 0.2) is 42.5 Å². The Morgan fingerprint density at radius 2 is 1.96 bits per heavy atom. The summed E-state index contributed by atoms with van der Waals surface area (Å²) in [6, 6.07) is 13.7. The van der Waals surface area contributed by atoms with Crippen LogP contribution in [-0.4, -0.2) is 28.7 Å². The number of nitrogens with one attached hydrogen (secondary N) is 1. The molecule has 1 heterocycles. The molecular weight excluding hydrogens is 326 g/mol. The van der Waals surface area contributed by atoms with Crippen LogP contribution in [0.2, 0.25) is 0 Å². The molecule has 0 saturated heterocycles. The van der Waals surface area contributed by atoms with Crippen molar-refractivity contribution in [1.29, 1.82) is 0 Å². The van der Waals surface area contributed by atoms with E-state index < -0.39 is 0 Å². The van der Waals surface area contributed by atoms with Gasteiger partial charge in [-0.25, -0.2) is 4.98 Å². The molecule has 0 bridgehead atoms. The van der Waals surface area contributed by atoms with E-state index >= 15 is 0 Å². The number of hydrogen-bond donors (Lipinski definition) is 1. The molecule has 1 amide bonds. The van der Waals surface area contributed by atoms with E-state index in [0.29, 0.717) is 24.7 Å². The fraction of sp³-hybridized carbons (Fsp3) is 0.333. The Morgan fingerprint density at radius 3 is 2.77 bits per heavy atom. The molecule has 0 aliphatic rings. The fourth-order valence-electron chi connectivity index (χ4n) is 3.03. The number of carbonyl (C=O) groups is 1. The Bertz CT molecular complexity index is 915. The van der Waals surface area contributed by atoms with Crippen LogP contribution in [-0.2, 0) is 11.3 Å².